The van der Waals surface area contributed by atoms with Crippen molar-refractivity contribution in [3.05, 3.63) is 36.2 Å². The number of esters is 1. The zero-order valence-electron chi connectivity index (χ0n) is 10.6. The molecule has 0 unspecified atom stereocenters. The third kappa shape index (κ3) is 3.80. The molecule has 2 rings (SSSR count). The number of carbonyl (C=O) groups is 1. The van der Waals surface area contributed by atoms with Crippen molar-refractivity contribution in [3.63, 3.8) is 0 Å². The van der Waals surface area contributed by atoms with Gasteiger partial charge in [-0.3, -0.25) is 0 Å². The maximum Gasteiger partial charge on any atom is 0.396 e. The normalized spacial score (nSPS) is 10.2. The molecule has 6 heteroatoms. The molecule has 0 amide bonds. The van der Waals surface area contributed by atoms with Gasteiger partial charge in [0.25, 0.3) is 0 Å². The summed E-state index contributed by atoms with van der Waals surface area (Å²) < 4.78 is 10.1. The van der Waals surface area contributed by atoms with Crippen molar-refractivity contribution in [1.29, 1.82) is 0 Å². The largest absolute Gasteiger partial charge is 0.459 e. The van der Waals surface area contributed by atoms with Gasteiger partial charge in [-0.25, -0.2) is 4.79 Å². The first-order valence-electron chi connectivity index (χ1n) is 6.12. The molecule has 19 heavy (non-hydrogen) atoms. The maximum atomic E-state index is 11.5. The summed E-state index contributed by atoms with van der Waals surface area (Å²) in [5.74, 6) is -0.739. The van der Waals surface area contributed by atoms with E-state index in [-0.39, 0.29) is 11.9 Å². The van der Waals surface area contributed by atoms with Crippen molar-refractivity contribution in [2.75, 3.05) is 11.9 Å². The van der Waals surface area contributed by atoms with Crippen LogP contribution >= 0.6 is 0 Å². The number of nitrogens with one attached hydrogen (secondary N) is 1. The first-order valence-corrected chi connectivity index (χ1v) is 6.12. The van der Waals surface area contributed by atoms with E-state index in [4.69, 9.17) is 9.15 Å². The quantitative estimate of drug-likeness (QED) is 0.636. The molecule has 0 aliphatic heterocycles. The Bertz CT molecular complexity index is 525. The minimum atomic E-state index is -0.595. The summed E-state index contributed by atoms with van der Waals surface area (Å²) in [6.45, 7) is 2.38. The van der Waals surface area contributed by atoms with Crippen molar-refractivity contribution in [2.24, 2.45) is 0 Å². The van der Waals surface area contributed by atoms with Gasteiger partial charge >= 0.3 is 17.9 Å². The van der Waals surface area contributed by atoms with E-state index < -0.39 is 5.97 Å². The fourth-order valence-corrected chi connectivity index (χ4v) is 1.37. The number of unbranched alkanes of at least 4 members (excludes halogenated alkanes) is 1. The molecule has 100 valence electrons. The van der Waals surface area contributed by atoms with Crippen LogP contribution < -0.4 is 5.32 Å². The molecular weight excluding hydrogens is 246 g/mol. The standard InChI is InChI=1S/C13H15N3O3/c1-2-3-9-18-12(17)11-15-16-13(19-11)14-10-7-5-4-6-8-10/h4-8H,2-3,9H2,1H3,(H,14,16). The highest BCUT2D eigenvalue weighted by molar-refractivity contribution is 5.84. The highest BCUT2D eigenvalue weighted by atomic mass is 16.5. The van der Waals surface area contributed by atoms with E-state index in [1.807, 2.05) is 37.3 Å². The van der Waals surface area contributed by atoms with E-state index in [9.17, 15) is 4.79 Å². The second kappa shape index (κ2) is 6.53. The number of anilines is 2. The monoisotopic (exact) mass is 261 g/mol. The SMILES string of the molecule is CCCCOC(=O)c1nnc(Nc2ccccc2)o1. The first-order chi connectivity index (χ1) is 9.29. The van der Waals surface area contributed by atoms with Gasteiger partial charge in [-0.2, -0.15) is 0 Å². The number of para-hydroxylation sites is 1. The fraction of sp³-hybridized carbons (Fsp3) is 0.308. The Kier molecular flexibility index (Phi) is 4.49. The molecule has 0 saturated heterocycles. The molecule has 0 aliphatic carbocycles. The lowest BCUT2D eigenvalue weighted by molar-refractivity contribution is 0.0455. The van der Waals surface area contributed by atoms with E-state index >= 15 is 0 Å². The van der Waals surface area contributed by atoms with E-state index in [0.717, 1.165) is 18.5 Å². The minimum Gasteiger partial charge on any atom is -0.459 e. The van der Waals surface area contributed by atoms with Gasteiger partial charge in [-0.15, -0.1) is 0 Å². The predicted molar refractivity (Wildman–Crippen MR) is 69.2 cm³/mol. The van der Waals surface area contributed by atoms with Crippen LogP contribution in [0.1, 0.15) is 30.5 Å². The lowest BCUT2D eigenvalue weighted by atomic mass is 10.3. The molecule has 0 saturated carbocycles. The summed E-state index contributed by atoms with van der Waals surface area (Å²) in [5, 5.41) is 10.3. The number of nitrogens with zero attached hydrogens (tertiary/aromatic N) is 2. The molecule has 1 aromatic carbocycles. The molecule has 0 aliphatic rings. The third-order valence-corrected chi connectivity index (χ3v) is 2.36. The van der Waals surface area contributed by atoms with Crippen LogP contribution in [0.5, 0.6) is 0 Å². The Balaban J connectivity index is 1.93. The van der Waals surface area contributed by atoms with Crippen molar-refractivity contribution in [2.45, 2.75) is 19.8 Å². The highest BCUT2D eigenvalue weighted by Gasteiger charge is 2.16. The molecule has 6 nitrogen and oxygen atoms in total. The Morgan fingerprint density at radius 2 is 2.11 bits per heavy atom. The van der Waals surface area contributed by atoms with Gasteiger partial charge in [-0.05, 0) is 18.6 Å². The summed E-state index contributed by atoms with van der Waals surface area (Å²) in [7, 11) is 0. The van der Waals surface area contributed by atoms with Gasteiger partial charge < -0.3 is 14.5 Å². The zero-order chi connectivity index (χ0) is 13.5. The molecule has 2 aromatic rings. The number of rotatable bonds is 6. The number of carbonyl (C=O) groups excluding carboxylic acids is 1. The van der Waals surface area contributed by atoms with Crippen molar-refractivity contribution >= 4 is 17.7 Å². The van der Waals surface area contributed by atoms with Crippen LogP contribution in [-0.4, -0.2) is 22.8 Å². The lowest BCUT2D eigenvalue weighted by Gasteiger charge is -2.00. The van der Waals surface area contributed by atoms with E-state index in [1.54, 1.807) is 0 Å². The highest BCUT2D eigenvalue weighted by Crippen LogP contribution is 2.14. The van der Waals surface area contributed by atoms with Crippen LogP contribution in [0.3, 0.4) is 0 Å². The molecule has 0 atom stereocenters. The van der Waals surface area contributed by atoms with Gasteiger partial charge in [-0.1, -0.05) is 41.7 Å². The van der Waals surface area contributed by atoms with Crippen molar-refractivity contribution < 1.29 is 13.9 Å². The zero-order valence-corrected chi connectivity index (χ0v) is 10.6. The van der Waals surface area contributed by atoms with Crippen molar-refractivity contribution in [1.82, 2.24) is 10.2 Å². The molecule has 1 heterocycles. The van der Waals surface area contributed by atoms with Crippen LogP contribution in [0, 0.1) is 0 Å². The van der Waals surface area contributed by atoms with Crippen LogP contribution in [-0.2, 0) is 4.74 Å². The van der Waals surface area contributed by atoms with Gasteiger partial charge in [0.05, 0.1) is 6.61 Å². The number of hydrogen-bond donors (Lipinski definition) is 1. The number of aromatic nitrogens is 2. The van der Waals surface area contributed by atoms with Crippen LogP contribution in [0.15, 0.2) is 34.7 Å². The number of benzene rings is 1. The second-order valence-corrected chi connectivity index (χ2v) is 3.89. The molecule has 0 spiro atoms. The second-order valence-electron chi connectivity index (χ2n) is 3.89. The molecule has 0 fully saturated rings. The van der Waals surface area contributed by atoms with E-state index in [1.165, 1.54) is 0 Å². The van der Waals surface area contributed by atoms with E-state index in [2.05, 4.69) is 15.5 Å². The average Bonchev–Trinajstić information content (AvgIpc) is 2.89. The smallest absolute Gasteiger partial charge is 0.396 e. The van der Waals surface area contributed by atoms with E-state index in [0.29, 0.717) is 6.61 Å². The molecular formula is C13H15N3O3. The molecule has 1 N–H and O–H groups in total. The topological polar surface area (TPSA) is 77.2 Å². The third-order valence-electron chi connectivity index (χ3n) is 2.36. The Labute approximate surface area is 110 Å². The first kappa shape index (κ1) is 13.1. The number of hydrogen-bond acceptors (Lipinski definition) is 6. The lowest BCUT2D eigenvalue weighted by Crippen LogP contribution is -2.06. The van der Waals surface area contributed by atoms with Crippen LogP contribution in [0.25, 0.3) is 0 Å². The summed E-state index contributed by atoms with van der Waals surface area (Å²) in [6, 6.07) is 9.51. The Morgan fingerprint density at radius 3 is 2.84 bits per heavy atom. The molecule has 0 bridgehead atoms. The van der Waals surface area contributed by atoms with Crippen LogP contribution in [0.4, 0.5) is 11.7 Å². The van der Waals surface area contributed by atoms with Gasteiger partial charge in [0, 0.05) is 5.69 Å². The molecule has 0 radical (unpaired) electrons. The Hall–Kier alpha value is -2.37. The van der Waals surface area contributed by atoms with Gasteiger partial charge in [0.1, 0.15) is 0 Å². The van der Waals surface area contributed by atoms with Crippen LogP contribution in [0.2, 0.25) is 0 Å². The average molecular weight is 261 g/mol. The number of ether oxygens (including phenoxy) is 1. The van der Waals surface area contributed by atoms with Gasteiger partial charge in [0.15, 0.2) is 0 Å². The summed E-state index contributed by atoms with van der Waals surface area (Å²) in [6.07, 6.45) is 1.77. The summed E-state index contributed by atoms with van der Waals surface area (Å²) >= 11 is 0. The fourth-order valence-electron chi connectivity index (χ4n) is 1.37. The minimum absolute atomic E-state index is 0.144. The van der Waals surface area contributed by atoms with Gasteiger partial charge in [0.2, 0.25) is 0 Å². The molecule has 1 aromatic heterocycles. The maximum absolute atomic E-state index is 11.5. The predicted octanol–water partition coefficient (Wildman–Crippen LogP) is 2.77. The summed E-state index contributed by atoms with van der Waals surface area (Å²) in [4.78, 5) is 11.5. The van der Waals surface area contributed by atoms with Crippen molar-refractivity contribution in [3.8, 4) is 0 Å². The summed E-state index contributed by atoms with van der Waals surface area (Å²) in [5.41, 5.74) is 0.803. The Morgan fingerprint density at radius 1 is 1.32 bits per heavy atom.